The van der Waals surface area contributed by atoms with Crippen LogP contribution in [0, 0.1) is 0 Å². The van der Waals surface area contributed by atoms with Gasteiger partial charge in [-0.05, 0) is 24.3 Å². The van der Waals surface area contributed by atoms with Crippen LogP contribution in [0.15, 0.2) is 36.5 Å². The highest BCUT2D eigenvalue weighted by Crippen LogP contribution is 2.23. The van der Waals surface area contributed by atoms with E-state index in [2.05, 4.69) is 25.8 Å². The highest BCUT2D eigenvalue weighted by atomic mass is 35.5. The lowest BCUT2D eigenvalue weighted by atomic mass is 10.2. The smallest absolute Gasteiger partial charge is 0.236 e. The minimum Gasteiger partial charge on any atom is -0.354 e. The second-order valence-corrected chi connectivity index (χ2v) is 9.11. The minimum atomic E-state index is 0.255. The lowest BCUT2D eigenvalue weighted by Gasteiger charge is -2.38. The Hall–Kier alpha value is -1.67. The predicted octanol–water partition coefficient (Wildman–Crippen LogP) is 2.26. The number of rotatable bonds is 5. The SMILES string of the molecule is O=C(CN1CCN(c2ccccn2)CC1)N1CCN(Cc2ccc(Cl)s2)CC1. The Morgan fingerprint density at radius 1 is 0.964 bits per heavy atom. The predicted molar refractivity (Wildman–Crippen MR) is 114 cm³/mol. The van der Waals surface area contributed by atoms with Gasteiger partial charge in [0.2, 0.25) is 5.91 Å². The van der Waals surface area contributed by atoms with E-state index in [1.165, 1.54) is 4.88 Å². The number of carbonyl (C=O) groups is 1. The van der Waals surface area contributed by atoms with Crippen LogP contribution in [0.25, 0.3) is 0 Å². The van der Waals surface area contributed by atoms with Gasteiger partial charge in [0.25, 0.3) is 0 Å². The third kappa shape index (κ3) is 5.03. The monoisotopic (exact) mass is 419 g/mol. The van der Waals surface area contributed by atoms with E-state index in [0.717, 1.165) is 69.1 Å². The maximum absolute atomic E-state index is 12.7. The summed E-state index contributed by atoms with van der Waals surface area (Å²) >= 11 is 7.65. The summed E-state index contributed by atoms with van der Waals surface area (Å²) in [6.07, 6.45) is 1.83. The Balaban J connectivity index is 1.19. The number of thiophene rings is 1. The molecular weight excluding hydrogens is 394 g/mol. The maximum atomic E-state index is 12.7. The molecular formula is C20H26ClN5OS. The van der Waals surface area contributed by atoms with E-state index in [-0.39, 0.29) is 5.91 Å². The normalized spacial score (nSPS) is 19.2. The van der Waals surface area contributed by atoms with Crippen LogP contribution in [0.1, 0.15) is 4.88 Å². The first-order valence-corrected chi connectivity index (χ1v) is 11.0. The number of hydrogen-bond donors (Lipinski definition) is 0. The Kier molecular flexibility index (Phi) is 6.47. The van der Waals surface area contributed by atoms with Crippen LogP contribution in [0.2, 0.25) is 4.34 Å². The van der Waals surface area contributed by atoms with E-state index in [1.807, 2.05) is 35.4 Å². The zero-order chi connectivity index (χ0) is 19.3. The molecule has 2 aliphatic rings. The van der Waals surface area contributed by atoms with Crippen LogP contribution in [0.4, 0.5) is 5.82 Å². The van der Waals surface area contributed by atoms with Crippen molar-refractivity contribution in [1.82, 2.24) is 19.7 Å². The van der Waals surface area contributed by atoms with Crippen molar-refractivity contribution in [1.29, 1.82) is 0 Å². The van der Waals surface area contributed by atoms with Gasteiger partial charge in [-0.1, -0.05) is 17.7 Å². The summed E-state index contributed by atoms with van der Waals surface area (Å²) in [7, 11) is 0. The third-order valence-corrected chi connectivity index (χ3v) is 6.65. The molecule has 2 fully saturated rings. The van der Waals surface area contributed by atoms with Crippen LogP contribution < -0.4 is 4.90 Å². The van der Waals surface area contributed by atoms with Gasteiger partial charge in [-0.15, -0.1) is 11.3 Å². The molecule has 2 saturated heterocycles. The van der Waals surface area contributed by atoms with Crippen molar-refractivity contribution in [3.05, 3.63) is 45.7 Å². The van der Waals surface area contributed by atoms with E-state index in [9.17, 15) is 4.79 Å². The number of halogens is 1. The van der Waals surface area contributed by atoms with Crippen LogP contribution in [-0.2, 0) is 11.3 Å². The number of pyridine rings is 1. The van der Waals surface area contributed by atoms with Crippen molar-refractivity contribution in [2.75, 3.05) is 63.8 Å². The number of anilines is 1. The fourth-order valence-electron chi connectivity index (χ4n) is 3.78. The minimum absolute atomic E-state index is 0.255. The molecule has 0 saturated carbocycles. The van der Waals surface area contributed by atoms with Crippen molar-refractivity contribution in [3.63, 3.8) is 0 Å². The van der Waals surface area contributed by atoms with E-state index in [1.54, 1.807) is 11.3 Å². The molecule has 0 N–H and O–H groups in total. The second kappa shape index (κ2) is 9.22. The van der Waals surface area contributed by atoms with Gasteiger partial charge in [0.15, 0.2) is 0 Å². The summed E-state index contributed by atoms with van der Waals surface area (Å²) in [5, 5.41) is 0. The zero-order valence-electron chi connectivity index (χ0n) is 16.0. The molecule has 0 bridgehead atoms. The first-order valence-electron chi connectivity index (χ1n) is 9.80. The molecule has 1 amide bonds. The van der Waals surface area contributed by atoms with E-state index < -0.39 is 0 Å². The molecule has 0 atom stereocenters. The molecule has 150 valence electrons. The van der Waals surface area contributed by atoms with Crippen LogP contribution in [-0.4, -0.2) is 84.5 Å². The molecule has 28 heavy (non-hydrogen) atoms. The molecule has 6 nitrogen and oxygen atoms in total. The summed E-state index contributed by atoms with van der Waals surface area (Å²) in [6.45, 7) is 8.57. The van der Waals surface area contributed by atoms with E-state index >= 15 is 0 Å². The first kappa shape index (κ1) is 19.6. The van der Waals surface area contributed by atoms with Crippen molar-refractivity contribution < 1.29 is 4.79 Å². The third-order valence-electron chi connectivity index (χ3n) is 5.44. The fraction of sp³-hybridized carbons (Fsp3) is 0.500. The largest absolute Gasteiger partial charge is 0.354 e. The van der Waals surface area contributed by atoms with Crippen molar-refractivity contribution in [2.24, 2.45) is 0 Å². The van der Waals surface area contributed by atoms with Crippen molar-refractivity contribution in [2.45, 2.75) is 6.54 Å². The van der Waals surface area contributed by atoms with Gasteiger partial charge in [0.05, 0.1) is 10.9 Å². The summed E-state index contributed by atoms with van der Waals surface area (Å²) < 4.78 is 0.840. The van der Waals surface area contributed by atoms with Crippen molar-refractivity contribution in [3.8, 4) is 0 Å². The van der Waals surface area contributed by atoms with E-state index in [0.29, 0.717) is 6.54 Å². The average Bonchev–Trinajstić information content (AvgIpc) is 3.14. The molecule has 0 aliphatic carbocycles. The standard InChI is InChI=1S/C20H26ClN5OS/c21-18-5-4-17(28-18)15-23-9-13-26(14-10-23)20(27)16-24-7-11-25(12-8-24)19-3-1-2-6-22-19/h1-6H,7-16H2. The Labute approximate surface area is 175 Å². The van der Waals surface area contributed by atoms with Gasteiger partial charge < -0.3 is 9.80 Å². The van der Waals surface area contributed by atoms with Crippen molar-refractivity contribution >= 4 is 34.7 Å². The van der Waals surface area contributed by atoms with Crippen LogP contribution >= 0.6 is 22.9 Å². The molecule has 4 heterocycles. The Bertz CT molecular complexity index is 770. The van der Waals surface area contributed by atoms with Gasteiger partial charge >= 0.3 is 0 Å². The maximum Gasteiger partial charge on any atom is 0.236 e. The summed E-state index contributed by atoms with van der Waals surface area (Å²) in [4.78, 5) is 27.4. The topological polar surface area (TPSA) is 42.9 Å². The molecule has 4 rings (SSSR count). The fourth-order valence-corrected chi connectivity index (χ4v) is 4.91. The molecule has 2 aliphatic heterocycles. The molecule has 0 radical (unpaired) electrons. The Morgan fingerprint density at radius 2 is 1.71 bits per heavy atom. The van der Waals surface area contributed by atoms with Gasteiger partial charge in [-0.2, -0.15) is 0 Å². The van der Waals surface area contributed by atoms with Crippen LogP contribution in [0.3, 0.4) is 0 Å². The number of hydrogen-bond acceptors (Lipinski definition) is 6. The first-order chi connectivity index (χ1) is 13.7. The molecule has 0 spiro atoms. The highest BCUT2D eigenvalue weighted by molar-refractivity contribution is 7.16. The lowest BCUT2D eigenvalue weighted by molar-refractivity contribution is -0.134. The lowest BCUT2D eigenvalue weighted by Crippen LogP contribution is -2.53. The zero-order valence-corrected chi connectivity index (χ0v) is 17.5. The summed E-state index contributed by atoms with van der Waals surface area (Å²) in [6, 6.07) is 10.0. The number of amides is 1. The molecule has 2 aromatic rings. The summed E-state index contributed by atoms with van der Waals surface area (Å²) in [5.74, 6) is 1.28. The average molecular weight is 420 g/mol. The number of nitrogens with zero attached hydrogens (tertiary/aromatic N) is 5. The van der Waals surface area contributed by atoms with Gasteiger partial charge in [0, 0.05) is 70.0 Å². The number of aromatic nitrogens is 1. The quantitative estimate of drug-likeness (QED) is 0.743. The number of piperazine rings is 2. The Morgan fingerprint density at radius 3 is 2.36 bits per heavy atom. The van der Waals surface area contributed by atoms with Gasteiger partial charge in [-0.25, -0.2) is 4.98 Å². The molecule has 0 unspecified atom stereocenters. The summed E-state index contributed by atoms with van der Waals surface area (Å²) in [5.41, 5.74) is 0. The molecule has 0 aromatic carbocycles. The van der Waals surface area contributed by atoms with Gasteiger partial charge in [0.1, 0.15) is 5.82 Å². The second-order valence-electron chi connectivity index (χ2n) is 7.31. The highest BCUT2D eigenvalue weighted by Gasteiger charge is 2.25. The van der Waals surface area contributed by atoms with Gasteiger partial charge in [-0.3, -0.25) is 14.6 Å². The number of carbonyl (C=O) groups excluding carboxylic acids is 1. The van der Waals surface area contributed by atoms with Crippen LogP contribution in [0.5, 0.6) is 0 Å². The van der Waals surface area contributed by atoms with E-state index in [4.69, 9.17) is 11.6 Å². The molecule has 2 aromatic heterocycles. The molecule has 8 heteroatoms.